The number of hydrogen-bond acceptors (Lipinski definition) is 2. The predicted molar refractivity (Wildman–Crippen MR) is 59.1 cm³/mol. The van der Waals surface area contributed by atoms with Crippen molar-refractivity contribution in [1.82, 2.24) is 0 Å². The summed E-state index contributed by atoms with van der Waals surface area (Å²) < 4.78 is 24.8. The van der Waals surface area contributed by atoms with Gasteiger partial charge in [-0.05, 0) is 36.5 Å². The first-order valence-corrected chi connectivity index (χ1v) is 6.31. The fraction of sp³-hybridized carbons (Fsp3) is 0.455. The van der Waals surface area contributed by atoms with Gasteiger partial charge in [0.05, 0.1) is 12.4 Å². The smallest absolute Gasteiger partial charge is 0.157 e. The van der Waals surface area contributed by atoms with Crippen LogP contribution in [-0.4, -0.2) is 15.4 Å². The van der Waals surface area contributed by atoms with Crippen molar-refractivity contribution in [2.75, 3.05) is 6.61 Å². The van der Waals surface area contributed by atoms with E-state index in [1.165, 1.54) is 12.8 Å². The molecule has 1 aliphatic rings. The van der Waals surface area contributed by atoms with Crippen LogP contribution in [0.25, 0.3) is 0 Å². The van der Waals surface area contributed by atoms with E-state index in [-0.39, 0.29) is 5.75 Å². The minimum absolute atomic E-state index is 0.183. The van der Waals surface area contributed by atoms with Crippen LogP contribution in [0.3, 0.4) is 0 Å². The Kier molecular flexibility index (Phi) is 3.38. The van der Waals surface area contributed by atoms with Crippen molar-refractivity contribution in [2.45, 2.75) is 18.6 Å². The minimum atomic E-state index is -1.77. The van der Waals surface area contributed by atoms with Crippen LogP contribution in [0.2, 0.25) is 0 Å². The fourth-order valence-electron chi connectivity index (χ4n) is 1.32. The molecule has 1 atom stereocenters. The predicted octanol–water partition coefficient (Wildman–Crippen LogP) is 2.20. The zero-order valence-corrected chi connectivity index (χ0v) is 9.20. The zero-order valence-electron chi connectivity index (χ0n) is 8.39. The summed E-state index contributed by atoms with van der Waals surface area (Å²) >= 11 is -1.77. The van der Waals surface area contributed by atoms with Gasteiger partial charge in [0.1, 0.15) is 5.75 Å². The standard InChI is InChI=1S/C11H14O3S/c12-15(13)8-10-3-5-11(6-4-10)14-7-9-1-2-9/h3-6,9H,1-2,7-8H2,(H,12,13). The first-order chi connectivity index (χ1) is 7.24. The van der Waals surface area contributed by atoms with E-state index in [2.05, 4.69) is 0 Å². The second-order valence-corrected chi connectivity index (χ2v) is 4.80. The highest BCUT2D eigenvalue weighted by Gasteiger charge is 2.21. The van der Waals surface area contributed by atoms with Crippen molar-refractivity contribution in [3.63, 3.8) is 0 Å². The number of ether oxygens (including phenoxy) is 1. The van der Waals surface area contributed by atoms with Crippen LogP contribution in [0, 0.1) is 5.92 Å². The Hall–Kier alpha value is -0.870. The molecule has 0 bridgehead atoms. The molecule has 15 heavy (non-hydrogen) atoms. The maximum Gasteiger partial charge on any atom is 0.157 e. The first kappa shape index (κ1) is 10.6. The monoisotopic (exact) mass is 226 g/mol. The van der Waals surface area contributed by atoms with Crippen LogP contribution < -0.4 is 4.74 Å². The number of rotatable bonds is 5. The summed E-state index contributed by atoms with van der Waals surface area (Å²) in [7, 11) is 0. The second-order valence-electron chi connectivity index (χ2n) is 3.86. The summed E-state index contributed by atoms with van der Waals surface area (Å²) in [6.07, 6.45) is 2.56. The van der Waals surface area contributed by atoms with Crippen molar-refractivity contribution in [3.05, 3.63) is 29.8 Å². The highest BCUT2D eigenvalue weighted by molar-refractivity contribution is 7.78. The van der Waals surface area contributed by atoms with Gasteiger partial charge in [0.15, 0.2) is 11.1 Å². The van der Waals surface area contributed by atoms with Gasteiger partial charge in [-0.25, -0.2) is 4.21 Å². The molecule has 0 aliphatic heterocycles. The molecule has 0 spiro atoms. The van der Waals surface area contributed by atoms with Crippen molar-refractivity contribution in [1.29, 1.82) is 0 Å². The molecule has 0 heterocycles. The summed E-state index contributed by atoms with van der Waals surface area (Å²) in [5.74, 6) is 1.77. The molecule has 1 aromatic carbocycles. The lowest BCUT2D eigenvalue weighted by atomic mass is 10.2. The minimum Gasteiger partial charge on any atom is -0.493 e. The Morgan fingerprint density at radius 3 is 2.53 bits per heavy atom. The topological polar surface area (TPSA) is 46.5 Å². The molecular weight excluding hydrogens is 212 g/mol. The molecular formula is C11H14O3S. The average molecular weight is 226 g/mol. The molecule has 1 aliphatic carbocycles. The molecule has 1 aromatic rings. The molecule has 82 valence electrons. The van der Waals surface area contributed by atoms with Crippen molar-refractivity contribution in [2.24, 2.45) is 5.92 Å². The second kappa shape index (κ2) is 4.77. The third kappa shape index (κ3) is 3.64. The van der Waals surface area contributed by atoms with Gasteiger partial charge in [0.25, 0.3) is 0 Å². The average Bonchev–Trinajstić information content (AvgIpc) is 2.99. The van der Waals surface area contributed by atoms with Gasteiger partial charge >= 0.3 is 0 Å². The van der Waals surface area contributed by atoms with Crippen molar-refractivity contribution >= 4 is 11.1 Å². The molecule has 3 nitrogen and oxygen atoms in total. The lowest BCUT2D eigenvalue weighted by molar-refractivity contribution is 0.299. The largest absolute Gasteiger partial charge is 0.493 e. The third-order valence-electron chi connectivity index (χ3n) is 2.40. The Bertz CT molecular complexity index is 343. The maximum absolute atomic E-state index is 10.6. The molecule has 1 fully saturated rings. The molecule has 1 unspecified atom stereocenters. The first-order valence-electron chi connectivity index (χ1n) is 5.03. The molecule has 2 rings (SSSR count). The van der Waals surface area contributed by atoms with Gasteiger partial charge in [0, 0.05) is 0 Å². The van der Waals surface area contributed by atoms with E-state index in [0.717, 1.165) is 23.8 Å². The molecule has 1 N–H and O–H groups in total. The maximum atomic E-state index is 10.6. The van der Waals surface area contributed by atoms with Crippen LogP contribution in [0.5, 0.6) is 5.75 Å². The lowest BCUT2D eigenvalue weighted by Gasteiger charge is -2.05. The van der Waals surface area contributed by atoms with E-state index in [0.29, 0.717) is 0 Å². The van der Waals surface area contributed by atoms with Crippen molar-refractivity contribution < 1.29 is 13.5 Å². The van der Waals surface area contributed by atoms with Gasteiger partial charge in [-0.2, -0.15) is 0 Å². The number of hydrogen-bond donors (Lipinski definition) is 1. The van der Waals surface area contributed by atoms with E-state index < -0.39 is 11.1 Å². The Labute approximate surface area is 91.7 Å². The van der Waals surface area contributed by atoms with E-state index >= 15 is 0 Å². The summed E-state index contributed by atoms with van der Waals surface area (Å²) in [5, 5.41) is 0. The van der Waals surface area contributed by atoms with Gasteiger partial charge < -0.3 is 9.29 Å². The summed E-state index contributed by atoms with van der Waals surface area (Å²) in [6.45, 7) is 0.797. The summed E-state index contributed by atoms with van der Waals surface area (Å²) in [6, 6.07) is 7.36. The normalized spacial score (nSPS) is 17.4. The van der Waals surface area contributed by atoms with Crippen molar-refractivity contribution in [3.8, 4) is 5.75 Å². The highest BCUT2D eigenvalue weighted by atomic mass is 32.2. The van der Waals surface area contributed by atoms with Crippen LogP contribution in [-0.2, 0) is 16.8 Å². The molecule has 0 amide bonds. The lowest BCUT2D eigenvalue weighted by Crippen LogP contribution is -1.99. The Morgan fingerprint density at radius 1 is 1.33 bits per heavy atom. The Morgan fingerprint density at radius 2 is 2.00 bits per heavy atom. The van der Waals surface area contributed by atoms with Gasteiger partial charge in [-0.1, -0.05) is 12.1 Å². The van der Waals surface area contributed by atoms with E-state index in [9.17, 15) is 4.21 Å². The van der Waals surface area contributed by atoms with Crippen LogP contribution in [0.15, 0.2) is 24.3 Å². The van der Waals surface area contributed by atoms with Gasteiger partial charge in [-0.3, -0.25) is 0 Å². The molecule has 4 heteroatoms. The quantitative estimate of drug-likeness (QED) is 0.783. The van der Waals surface area contributed by atoms with Crippen LogP contribution in [0.4, 0.5) is 0 Å². The molecule has 0 aromatic heterocycles. The van der Waals surface area contributed by atoms with E-state index in [1.54, 1.807) is 0 Å². The van der Waals surface area contributed by atoms with Crippen LogP contribution in [0.1, 0.15) is 18.4 Å². The molecule has 1 saturated carbocycles. The third-order valence-corrected chi connectivity index (χ3v) is 2.98. The molecule has 0 saturated heterocycles. The Balaban J connectivity index is 1.87. The van der Waals surface area contributed by atoms with E-state index in [1.807, 2.05) is 24.3 Å². The van der Waals surface area contributed by atoms with Gasteiger partial charge in [0.2, 0.25) is 0 Å². The molecule has 0 radical (unpaired) electrons. The van der Waals surface area contributed by atoms with Gasteiger partial charge in [-0.15, -0.1) is 0 Å². The van der Waals surface area contributed by atoms with E-state index in [4.69, 9.17) is 9.29 Å². The SMILES string of the molecule is O=S(O)Cc1ccc(OCC2CC2)cc1. The summed E-state index contributed by atoms with van der Waals surface area (Å²) in [5.41, 5.74) is 0.856. The van der Waals surface area contributed by atoms with Crippen LogP contribution >= 0.6 is 0 Å². The zero-order chi connectivity index (χ0) is 10.7. The fourth-order valence-corrected chi connectivity index (χ4v) is 1.80. The number of benzene rings is 1. The highest BCUT2D eigenvalue weighted by Crippen LogP contribution is 2.29. The summed E-state index contributed by atoms with van der Waals surface area (Å²) in [4.78, 5) is 0.